The van der Waals surface area contributed by atoms with Gasteiger partial charge in [-0.15, -0.1) is 0 Å². The van der Waals surface area contributed by atoms with E-state index in [4.69, 9.17) is 4.84 Å². The summed E-state index contributed by atoms with van der Waals surface area (Å²) in [6.07, 6.45) is 10.1. The van der Waals surface area contributed by atoms with Gasteiger partial charge in [0.1, 0.15) is 0 Å². The van der Waals surface area contributed by atoms with Crippen LogP contribution in [0.4, 0.5) is 5.69 Å². The van der Waals surface area contributed by atoms with Gasteiger partial charge in [0, 0.05) is 17.5 Å². The largest absolute Gasteiger partial charge is 0.411 e. The zero-order valence-corrected chi connectivity index (χ0v) is 19.0. The fourth-order valence-electron chi connectivity index (χ4n) is 7.84. The molecular weight excluding hydrogens is 406 g/mol. The van der Waals surface area contributed by atoms with Crippen LogP contribution < -0.4 is 4.84 Å². The summed E-state index contributed by atoms with van der Waals surface area (Å²) in [5, 5.41) is 28.5. The van der Waals surface area contributed by atoms with Crippen LogP contribution >= 0.6 is 0 Å². The van der Waals surface area contributed by atoms with Crippen molar-refractivity contribution in [1.29, 1.82) is 0 Å². The Bertz CT molecular complexity index is 958. The molecule has 4 fully saturated rings. The lowest BCUT2D eigenvalue weighted by Crippen LogP contribution is -2.53. The number of fused-ring (bicyclic) bond motifs is 5. The maximum absolute atomic E-state index is 10.8. The minimum absolute atomic E-state index is 0.0541. The third kappa shape index (κ3) is 3.32. The van der Waals surface area contributed by atoms with Crippen LogP contribution in [-0.4, -0.2) is 21.6 Å². The Labute approximate surface area is 189 Å². The van der Waals surface area contributed by atoms with Crippen molar-refractivity contribution >= 4 is 17.1 Å². The van der Waals surface area contributed by atoms with E-state index in [1.165, 1.54) is 37.8 Å². The van der Waals surface area contributed by atoms with Gasteiger partial charge in [-0.05, 0) is 99.0 Å². The summed E-state index contributed by atoms with van der Waals surface area (Å²) < 4.78 is 0. The molecule has 0 bridgehead atoms. The van der Waals surface area contributed by atoms with E-state index in [0.717, 1.165) is 55.4 Å². The first-order valence-electron chi connectivity index (χ1n) is 12.0. The van der Waals surface area contributed by atoms with Gasteiger partial charge in [-0.1, -0.05) is 24.2 Å². The van der Waals surface area contributed by atoms with Gasteiger partial charge in [0.05, 0.1) is 16.3 Å². The van der Waals surface area contributed by atoms with Crippen LogP contribution in [0.25, 0.3) is 0 Å². The van der Waals surface area contributed by atoms with Gasteiger partial charge in [-0.25, -0.2) is 0 Å². The third-order valence-corrected chi connectivity index (χ3v) is 9.69. The first-order chi connectivity index (χ1) is 15.3. The van der Waals surface area contributed by atoms with Crippen LogP contribution in [0.3, 0.4) is 0 Å². The predicted molar refractivity (Wildman–Crippen MR) is 122 cm³/mol. The SMILES string of the molecule is C[C@]12CC/C(=N\Oc3ccc([N+](=O)[O-])cc3)C[C@@H]1CC[C@@H]1[C@@H]2CC[C@]2(C)/C(=N/O)CC[C@@H]12. The summed E-state index contributed by atoms with van der Waals surface area (Å²) in [7, 11) is 0. The maximum Gasteiger partial charge on any atom is 0.269 e. The van der Waals surface area contributed by atoms with Gasteiger partial charge in [0.25, 0.3) is 5.69 Å². The first-order valence-corrected chi connectivity index (χ1v) is 12.0. The molecule has 0 saturated heterocycles. The Morgan fingerprint density at radius 2 is 1.84 bits per heavy atom. The quantitative estimate of drug-likeness (QED) is 0.344. The van der Waals surface area contributed by atoms with E-state index in [2.05, 4.69) is 24.2 Å². The van der Waals surface area contributed by atoms with Gasteiger partial charge >= 0.3 is 0 Å². The van der Waals surface area contributed by atoms with Crippen molar-refractivity contribution in [3.63, 3.8) is 0 Å². The van der Waals surface area contributed by atoms with Crippen LogP contribution in [0.1, 0.15) is 71.6 Å². The maximum atomic E-state index is 10.8. The van der Waals surface area contributed by atoms with Crippen LogP contribution in [-0.2, 0) is 0 Å². The Hall–Kier alpha value is -2.44. The molecule has 0 amide bonds. The number of nitrogens with zero attached hydrogens (tertiary/aromatic N) is 3. The van der Waals surface area contributed by atoms with Gasteiger partial charge in [0.15, 0.2) is 5.75 Å². The van der Waals surface area contributed by atoms with Gasteiger partial charge < -0.3 is 10.0 Å². The Morgan fingerprint density at radius 1 is 1.06 bits per heavy atom. The molecule has 4 aliphatic rings. The van der Waals surface area contributed by atoms with E-state index < -0.39 is 4.92 Å². The summed E-state index contributed by atoms with van der Waals surface area (Å²) in [5.74, 6) is 3.31. The van der Waals surface area contributed by atoms with Crippen molar-refractivity contribution in [3.8, 4) is 5.75 Å². The van der Waals surface area contributed by atoms with E-state index in [9.17, 15) is 15.3 Å². The normalized spacial score (nSPS) is 41.1. The zero-order chi connectivity index (χ0) is 22.5. The fraction of sp³-hybridized carbons (Fsp3) is 0.680. The zero-order valence-electron chi connectivity index (χ0n) is 19.0. The molecule has 1 N–H and O–H groups in total. The monoisotopic (exact) mass is 439 g/mol. The molecule has 6 atom stereocenters. The Balaban J connectivity index is 1.28. The molecule has 4 saturated carbocycles. The molecule has 4 aliphatic carbocycles. The highest BCUT2D eigenvalue weighted by atomic mass is 16.6. The average Bonchev–Trinajstić information content (AvgIpc) is 3.14. The van der Waals surface area contributed by atoms with Crippen LogP contribution in [0.15, 0.2) is 34.6 Å². The van der Waals surface area contributed by atoms with Crippen molar-refractivity contribution in [2.75, 3.05) is 0 Å². The van der Waals surface area contributed by atoms with Crippen molar-refractivity contribution in [2.24, 2.45) is 44.8 Å². The smallest absolute Gasteiger partial charge is 0.269 e. The fourth-order valence-corrected chi connectivity index (χ4v) is 7.84. The molecule has 0 radical (unpaired) electrons. The van der Waals surface area contributed by atoms with Crippen LogP contribution in [0.2, 0.25) is 0 Å². The van der Waals surface area contributed by atoms with Crippen molar-refractivity contribution in [1.82, 2.24) is 0 Å². The second kappa shape index (κ2) is 7.85. The van der Waals surface area contributed by atoms with Gasteiger partial charge in [0.2, 0.25) is 0 Å². The Morgan fingerprint density at radius 3 is 2.56 bits per heavy atom. The second-order valence-corrected chi connectivity index (χ2v) is 10.9. The lowest BCUT2D eigenvalue weighted by molar-refractivity contribution is -0.384. The Kier molecular flexibility index (Phi) is 5.25. The summed E-state index contributed by atoms with van der Waals surface area (Å²) in [6.45, 7) is 4.85. The number of nitro groups is 1. The summed E-state index contributed by atoms with van der Waals surface area (Å²) in [4.78, 5) is 16.0. The van der Waals surface area contributed by atoms with Crippen LogP contribution in [0, 0.1) is 44.6 Å². The molecule has 32 heavy (non-hydrogen) atoms. The molecule has 7 heteroatoms. The number of nitro benzene ring substituents is 1. The molecule has 172 valence electrons. The predicted octanol–water partition coefficient (Wildman–Crippen LogP) is 6.20. The minimum atomic E-state index is -0.412. The molecule has 0 unspecified atom stereocenters. The molecule has 5 rings (SSSR count). The number of rotatable bonds is 3. The van der Waals surface area contributed by atoms with Crippen molar-refractivity contribution in [2.45, 2.75) is 71.6 Å². The van der Waals surface area contributed by atoms with Crippen molar-refractivity contribution < 1.29 is 15.0 Å². The highest BCUT2D eigenvalue weighted by molar-refractivity contribution is 5.92. The number of hydrogen-bond acceptors (Lipinski definition) is 6. The molecule has 0 heterocycles. The van der Waals surface area contributed by atoms with Crippen LogP contribution in [0.5, 0.6) is 5.75 Å². The topological polar surface area (TPSA) is 97.3 Å². The molecule has 7 nitrogen and oxygen atoms in total. The van der Waals surface area contributed by atoms with Gasteiger partial charge in [-0.2, -0.15) is 0 Å². The summed E-state index contributed by atoms with van der Waals surface area (Å²) in [6, 6.07) is 6.10. The van der Waals surface area contributed by atoms with E-state index >= 15 is 0 Å². The number of benzene rings is 1. The minimum Gasteiger partial charge on any atom is -0.411 e. The molecule has 0 aliphatic heterocycles. The van der Waals surface area contributed by atoms with E-state index in [0.29, 0.717) is 23.0 Å². The first kappa shape index (κ1) is 21.4. The molecule has 0 spiro atoms. The highest BCUT2D eigenvalue weighted by Crippen LogP contribution is 2.65. The van der Waals surface area contributed by atoms with Crippen molar-refractivity contribution in [3.05, 3.63) is 34.4 Å². The lowest BCUT2D eigenvalue weighted by Gasteiger charge is -2.59. The lowest BCUT2D eigenvalue weighted by atomic mass is 9.45. The van der Waals surface area contributed by atoms with E-state index in [-0.39, 0.29) is 11.1 Å². The second-order valence-electron chi connectivity index (χ2n) is 10.9. The summed E-state index contributed by atoms with van der Waals surface area (Å²) in [5.41, 5.74) is 2.64. The molecule has 0 aromatic heterocycles. The van der Waals surface area contributed by atoms with E-state index in [1.54, 1.807) is 12.1 Å². The standard InChI is InChI=1S/C25H33N3O4/c1-24-13-11-17(27-32-19-6-4-18(5-7-19)28(30)31)15-16(24)3-8-20-21-9-10-23(26-29)25(21,2)14-12-22(20)24/h4-7,16,20-22,29H,3,8-15H2,1-2H3/b26-23+,27-17+/t16-,20-,21-,22-,24-,25-/m0/s1. The van der Waals surface area contributed by atoms with Gasteiger partial charge in [-0.3, -0.25) is 10.1 Å². The highest BCUT2D eigenvalue weighted by Gasteiger charge is 2.59. The van der Waals surface area contributed by atoms with E-state index in [1.807, 2.05) is 0 Å². The molecule has 1 aromatic rings. The molecular formula is C25H33N3O4. The average molecular weight is 440 g/mol. The molecule has 1 aromatic carbocycles. The third-order valence-electron chi connectivity index (χ3n) is 9.69. The summed E-state index contributed by atoms with van der Waals surface area (Å²) >= 11 is 0. The number of hydrogen-bond donors (Lipinski definition) is 1. The number of non-ortho nitro benzene ring substituents is 1. The number of oxime groups is 2.